The van der Waals surface area contributed by atoms with Crippen LogP contribution in [0.5, 0.6) is 11.5 Å². The molecule has 0 bridgehead atoms. The van der Waals surface area contributed by atoms with E-state index in [1.807, 2.05) is 12.1 Å². The van der Waals surface area contributed by atoms with E-state index in [4.69, 9.17) is 21.1 Å². The molecule has 0 aromatic heterocycles. The van der Waals surface area contributed by atoms with Crippen LogP contribution in [0.25, 0.3) is 0 Å². The second-order valence-electron chi connectivity index (χ2n) is 8.47. The number of halogens is 2. The summed E-state index contributed by atoms with van der Waals surface area (Å²) in [5, 5.41) is 6.09. The van der Waals surface area contributed by atoms with Crippen molar-refractivity contribution >= 4 is 34.8 Å². The van der Waals surface area contributed by atoms with E-state index in [0.717, 1.165) is 18.4 Å². The van der Waals surface area contributed by atoms with Crippen molar-refractivity contribution in [3.8, 4) is 11.5 Å². The zero-order chi connectivity index (χ0) is 23.7. The molecule has 1 aliphatic heterocycles. The van der Waals surface area contributed by atoms with Gasteiger partial charge >= 0.3 is 0 Å². The van der Waals surface area contributed by atoms with E-state index >= 15 is 0 Å². The van der Waals surface area contributed by atoms with Crippen LogP contribution < -0.4 is 20.1 Å². The van der Waals surface area contributed by atoms with Crippen LogP contribution in [0.1, 0.15) is 41.6 Å². The molecule has 2 N–H and O–H groups in total. The standard InChI is InChI=1S/C26H22ClFN2O4/c27-18-6-4-17(5-7-18)26(11-1-2-12-26)25(32)30-21-14-19(8-9-20(21)28)29-24(31)16-3-10-22-23(13-16)34-15-33-22/h3-10,13-14H,1-2,11-12,15H2,(H,29,31)(H,30,32). The molecule has 174 valence electrons. The lowest BCUT2D eigenvalue weighted by Crippen LogP contribution is -2.38. The molecular weight excluding hydrogens is 459 g/mol. The number of anilines is 2. The second-order valence-corrected chi connectivity index (χ2v) is 8.90. The molecule has 8 heteroatoms. The van der Waals surface area contributed by atoms with E-state index in [1.54, 1.807) is 30.3 Å². The third kappa shape index (κ3) is 4.19. The van der Waals surface area contributed by atoms with Gasteiger partial charge in [0, 0.05) is 16.3 Å². The molecule has 3 aromatic rings. The number of fused-ring (bicyclic) bond motifs is 1. The highest BCUT2D eigenvalue weighted by molar-refractivity contribution is 6.30. The molecule has 6 nitrogen and oxygen atoms in total. The van der Waals surface area contributed by atoms with Gasteiger partial charge in [-0.2, -0.15) is 0 Å². The minimum Gasteiger partial charge on any atom is -0.454 e. The number of ether oxygens (including phenoxy) is 2. The predicted molar refractivity (Wildman–Crippen MR) is 127 cm³/mol. The first-order valence-electron chi connectivity index (χ1n) is 11.0. The van der Waals surface area contributed by atoms with Gasteiger partial charge < -0.3 is 20.1 Å². The fraction of sp³-hybridized carbons (Fsp3) is 0.231. The Labute approximate surface area is 201 Å². The Morgan fingerprint density at radius 2 is 1.62 bits per heavy atom. The molecule has 5 rings (SSSR count). The highest BCUT2D eigenvalue weighted by Gasteiger charge is 2.42. The SMILES string of the molecule is O=C(Nc1ccc(F)c(NC(=O)C2(c3ccc(Cl)cc3)CCCC2)c1)c1ccc2c(c1)OCO2. The highest BCUT2D eigenvalue weighted by atomic mass is 35.5. The fourth-order valence-corrected chi connectivity index (χ4v) is 4.70. The van der Waals surface area contributed by atoms with Crippen LogP contribution in [0.2, 0.25) is 5.02 Å². The molecule has 1 fully saturated rings. The van der Waals surface area contributed by atoms with Crippen LogP contribution in [0, 0.1) is 5.82 Å². The van der Waals surface area contributed by atoms with E-state index in [9.17, 15) is 14.0 Å². The van der Waals surface area contributed by atoms with Crippen molar-refractivity contribution in [1.82, 2.24) is 0 Å². The Balaban J connectivity index is 1.35. The lowest BCUT2D eigenvalue weighted by molar-refractivity contribution is -0.121. The summed E-state index contributed by atoms with van der Waals surface area (Å²) in [6.07, 6.45) is 3.15. The van der Waals surface area contributed by atoms with Crippen LogP contribution >= 0.6 is 11.6 Å². The van der Waals surface area contributed by atoms with Crippen molar-refractivity contribution in [2.75, 3.05) is 17.4 Å². The minimum absolute atomic E-state index is 0.00808. The Hall–Kier alpha value is -3.58. The average Bonchev–Trinajstić information content (AvgIpc) is 3.51. The van der Waals surface area contributed by atoms with Gasteiger partial charge in [0.25, 0.3) is 5.91 Å². The van der Waals surface area contributed by atoms with Gasteiger partial charge in [0.15, 0.2) is 11.5 Å². The van der Waals surface area contributed by atoms with Crippen molar-refractivity contribution in [1.29, 1.82) is 0 Å². The van der Waals surface area contributed by atoms with Crippen LogP contribution in [0.15, 0.2) is 60.7 Å². The van der Waals surface area contributed by atoms with Gasteiger partial charge in [0.2, 0.25) is 12.7 Å². The van der Waals surface area contributed by atoms with Crippen LogP contribution in [-0.4, -0.2) is 18.6 Å². The maximum Gasteiger partial charge on any atom is 0.255 e. The summed E-state index contributed by atoms with van der Waals surface area (Å²) < 4.78 is 25.2. The molecule has 34 heavy (non-hydrogen) atoms. The van der Waals surface area contributed by atoms with Gasteiger partial charge in [-0.25, -0.2) is 4.39 Å². The van der Waals surface area contributed by atoms with Crippen LogP contribution in [0.4, 0.5) is 15.8 Å². The first-order chi connectivity index (χ1) is 16.4. The number of rotatable bonds is 5. The van der Waals surface area contributed by atoms with E-state index in [2.05, 4.69) is 10.6 Å². The molecule has 1 heterocycles. The number of carbonyl (C=O) groups excluding carboxylic acids is 2. The van der Waals surface area contributed by atoms with E-state index < -0.39 is 17.1 Å². The normalized spacial score (nSPS) is 15.7. The summed E-state index contributed by atoms with van der Waals surface area (Å²) in [5.41, 5.74) is 0.842. The maximum absolute atomic E-state index is 14.6. The maximum atomic E-state index is 14.6. The molecule has 3 aromatic carbocycles. The molecule has 0 radical (unpaired) electrons. The zero-order valence-corrected chi connectivity index (χ0v) is 19.0. The highest BCUT2D eigenvalue weighted by Crippen LogP contribution is 2.42. The summed E-state index contributed by atoms with van der Waals surface area (Å²) in [7, 11) is 0. The van der Waals surface area contributed by atoms with Crippen molar-refractivity contribution in [3.63, 3.8) is 0 Å². The van der Waals surface area contributed by atoms with Crippen LogP contribution in [-0.2, 0) is 10.2 Å². The van der Waals surface area contributed by atoms with Gasteiger partial charge in [-0.1, -0.05) is 36.6 Å². The number of nitrogens with one attached hydrogen (secondary N) is 2. The van der Waals surface area contributed by atoms with Crippen molar-refractivity contribution in [2.45, 2.75) is 31.1 Å². The summed E-state index contributed by atoms with van der Waals surface area (Å²) >= 11 is 6.03. The summed E-state index contributed by atoms with van der Waals surface area (Å²) in [5.74, 6) is -0.187. The molecule has 1 aliphatic carbocycles. The quantitative estimate of drug-likeness (QED) is 0.476. The first kappa shape index (κ1) is 22.2. The smallest absolute Gasteiger partial charge is 0.255 e. The Morgan fingerprint density at radius 3 is 2.38 bits per heavy atom. The first-order valence-corrected chi connectivity index (χ1v) is 11.4. The average molecular weight is 481 g/mol. The molecule has 2 amide bonds. The number of hydrogen-bond acceptors (Lipinski definition) is 4. The largest absolute Gasteiger partial charge is 0.454 e. The van der Waals surface area contributed by atoms with Gasteiger partial charge in [-0.15, -0.1) is 0 Å². The minimum atomic E-state index is -0.747. The van der Waals surface area contributed by atoms with Gasteiger partial charge in [0.1, 0.15) is 5.82 Å². The number of amides is 2. The Kier molecular flexibility index (Phi) is 5.87. The van der Waals surface area contributed by atoms with E-state index in [-0.39, 0.29) is 18.4 Å². The molecule has 2 aliphatic rings. The molecule has 0 atom stereocenters. The Bertz CT molecular complexity index is 1260. The molecule has 0 unspecified atom stereocenters. The lowest BCUT2D eigenvalue weighted by Gasteiger charge is -2.28. The van der Waals surface area contributed by atoms with Crippen molar-refractivity contribution in [2.24, 2.45) is 0 Å². The third-order valence-electron chi connectivity index (χ3n) is 6.40. The van der Waals surface area contributed by atoms with Gasteiger partial charge in [0.05, 0.1) is 11.1 Å². The zero-order valence-electron chi connectivity index (χ0n) is 18.2. The molecular formula is C26H22ClFN2O4. The van der Waals surface area contributed by atoms with Crippen LogP contribution in [0.3, 0.4) is 0 Å². The molecule has 1 saturated carbocycles. The molecule has 0 spiro atoms. The summed E-state index contributed by atoms with van der Waals surface area (Å²) in [4.78, 5) is 26.1. The van der Waals surface area contributed by atoms with Gasteiger partial charge in [-0.3, -0.25) is 9.59 Å². The lowest BCUT2D eigenvalue weighted by atomic mass is 9.78. The van der Waals surface area contributed by atoms with E-state index in [0.29, 0.717) is 40.6 Å². The summed E-state index contributed by atoms with van der Waals surface area (Å²) in [6.45, 7) is 0.110. The predicted octanol–water partition coefficient (Wildman–Crippen LogP) is 5.91. The second kappa shape index (κ2) is 8.99. The number of hydrogen-bond donors (Lipinski definition) is 2. The fourth-order valence-electron chi connectivity index (χ4n) is 4.58. The van der Waals surface area contributed by atoms with E-state index in [1.165, 1.54) is 18.2 Å². The number of benzene rings is 3. The monoisotopic (exact) mass is 480 g/mol. The van der Waals surface area contributed by atoms with Gasteiger partial charge in [-0.05, 0) is 66.9 Å². The van der Waals surface area contributed by atoms with Crippen molar-refractivity contribution < 1.29 is 23.5 Å². The van der Waals surface area contributed by atoms with Crippen molar-refractivity contribution in [3.05, 3.63) is 82.6 Å². The third-order valence-corrected chi connectivity index (χ3v) is 6.65. The topological polar surface area (TPSA) is 76.7 Å². The number of carbonyl (C=O) groups is 2. The summed E-state index contributed by atoms with van der Waals surface area (Å²) in [6, 6.07) is 16.2. The molecule has 0 saturated heterocycles. The Morgan fingerprint density at radius 1 is 0.882 bits per heavy atom.